The smallest absolute Gasteiger partial charge is 0.249 e. The molecule has 0 aromatic heterocycles. The Balaban J connectivity index is 2.52. The van der Waals surface area contributed by atoms with Gasteiger partial charge >= 0.3 is 0 Å². The van der Waals surface area contributed by atoms with Crippen LogP contribution >= 0.6 is 0 Å². The summed E-state index contributed by atoms with van der Waals surface area (Å²) >= 11 is 0. The van der Waals surface area contributed by atoms with E-state index in [-0.39, 0.29) is 17.8 Å². The van der Waals surface area contributed by atoms with Gasteiger partial charge in [0.2, 0.25) is 5.91 Å². The summed E-state index contributed by atoms with van der Waals surface area (Å²) in [5.74, 6) is 0.802. The van der Waals surface area contributed by atoms with Crippen LogP contribution < -0.4 is 11.5 Å². The Morgan fingerprint density at radius 3 is 2.56 bits per heavy atom. The molecule has 0 fully saturated rings. The van der Waals surface area contributed by atoms with Crippen LogP contribution in [0.5, 0.6) is 0 Å². The summed E-state index contributed by atoms with van der Waals surface area (Å²) in [6.07, 6.45) is 8.00. The van der Waals surface area contributed by atoms with Gasteiger partial charge in [0.05, 0.1) is 0 Å². The largest absolute Gasteiger partial charge is 0.370 e. The number of hydrogen-bond acceptors (Lipinski definition) is 1. The fourth-order valence-corrected chi connectivity index (χ4v) is 2.12. The van der Waals surface area contributed by atoms with Crippen LogP contribution in [-0.4, -0.2) is 11.9 Å². The molecule has 0 spiro atoms. The van der Waals surface area contributed by atoms with Gasteiger partial charge in [0.15, 0.2) is 5.96 Å². The molecule has 2 unspecified atom stereocenters. The zero-order valence-corrected chi connectivity index (χ0v) is 11.4. The van der Waals surface area contributed by atoms with Crippen molar-refractivity contribution < 1.29 is 4.79 Å². The molecular formula is C14H23N3O. The molecule has 1 aliphatic carbocycles. The van der Waals surface area contributed by atoms with Crippen molar-refractivity contribution in [2.75, 3.05) is 0 Å². The number of rotatable bonds is 4. The predicted octanol–water partition coefficient (Wildman–Crippen LogP) is 1.97. The van der Waals surface area contributed by atoms with Gasteiger partial charge in [0.1, 0.15) is 0 Å². The highest BCUT2D eigenvalue weighted by atomic mass is 16.1. The maximum atomic E-state index is 11.5. The minimum atomic E-state index is -0.241. The molecule has 100 valence electrons. The van der Waals surface area contributed by atoms with Crippen LogP contribution in [-0.2, 0) is 4.79 Å². The summed E-state index contributed by atoms with van der Waals surface area (Å²) in [5, 5.41) is 0. The van der Waals surface area contributed by atoms with E-state index in [1.54, 1.807) is 0 Å². The van der Waals surface area contributed by atoms with Gasteiger partial charge in [0, 0.05) is 6.42 Å². The summed E-state index contributed by atoms with van der Waals surface area (Å²) in [4.78, 5) is 15.0. The topological polar surface area (TPSA) is 81.5 Å². The van der Waals surface area contributed by atoms with Gasteiger partial charge in [-0.15, -0.1) is 0 Å². The average molecular weight is 249 g/mol. The van der Waals surface area contributed by atoms with Gasteiger partial charge in [-0.3, -0.25) is 4.79 Å². The Kier molecular flexibility index (Phi) is 5.13. The lowest BCUT2D eigenvalue weighted by molar-refractivity contribution is -0.118. The number of amides is 1. The van der Waals surface area contributed by atoms with E-state index in [1.807, 2.05) is 0 Å². The van der Waals surface area contributed by atoms with Crippen molar-refractivity contribution in [1.82, 2.24) is 0 Å². The SMILES string of the molecule is CC(C)C1=CCC(C(C)CC(=O)N=C(N)N)C=C1. The zero-order valence-electron chi connectivity index (χ0n) is 11.4. The van der Waals surface area contributed by atoms with Gasteiger partial charge in [-0.2, -0.15) is 4.99 Å². The second-order valence-corrected chi connectivity index (χ2v) is 5.23. The molecule has 2 atom stereocenters. The van der Waals surface area contributed by atoms with Crippen molar-refractivity contribution in [1.29, 1.82) is 0 Å². The molecule has 1 amide bonds. The first-order valence-electron chi connectivity index (χ1n) is 6.41. The Morgan fingerprint density at radius 2 is 2.11 bits per heavy atom. The molecule has 4 nitrogen and oxygen atoms in total. The standard InChI is InChI=1S/C14H23N3O/c1-9(2)11-4-6-12(7-5-11)10(3)8-13(18)17-14(15)16/h4-6,9-10,12H,7-8H2,1-3H3,(H4,15,16,17,18). The van der Waals surface area contributed by atoms with Gasteiger partial charge in [-0.05, 0) is 29.7 Å². The Morgan fingerprint density at radius 1 is 1.44 bits per heavy atom. The molecule has 0 aromatic carbocycles. The van der Waals surface area contributed by atoms with Crippen molar-refractivity contribution >= 4 is 11.9 Å². The third-order valence-corrected chi connectivity index (χ3v) is 3.31. The molecule has 0 saturated heterocycles. The van der Waals surface area contributed by atoms with Crippen molar-refractivity contribution in [2.24, 2.45) is 34.2 Å². The molecule has 1 rings (SSSR count). The van der Waals surface area contributed by atoms with E-state index < -0.39 is 0 Å². The fourth-order valence-electron chi connectivity index (χ4n) is 2.12. The molecule has 0 aromatic rings. The molecule has 0 radical (unpaired) electrons. The maximum absolute atomic E-state index is 11.5. The van der Waals surface area contributed by atoms with Crippen LogP contribution in [0.1, 0.15) is 33.6 Å². The summed E-state index contributed by atoms with van der Waals surface area (Å²) in [5.41, 5.74) is 11.7. The number of allylic oxidation sites excluding steroid dienone is 4. The first kappa shape index (κ1) is 14.5. The first-order valence-corrected chi connectivity index (χ1v) is 6.41. The number of nitrogens with zero attached hydrogens (tertiary/aromatic N) is 1. The van der Waals surface area contributed by atoms with E-state index in [4.69, 9.17) is 11.5 Å². The first-order chi connectivity index (χ1) is 8.40. The molecule has 18 heavy (non-hydrogen) atoms. The van der Waals surface area contributed by atoms with Crippen LogP contribution in [0.25, 0.3) is 0 Å². The van der Waals surface area contributed by atoms with Crippen LogP contribution in [0.2, 0.25) is 0 Å². The summed E-state index contributed by atoms with van der Waals surface area (Å²) in [7, 11) is 0. The quantitative estimate of drug-likeness (QED) is 0.590. The van der Waals surface area contributed by atoms with Gasteiger partial charge in [-0.25, -0.2) is 0 Å². The average Bonchev–Trinajstić information content (AvgIpc) is 2.27. The Labute approximate surface area is 109 Å². The van der Waals surface area contributed by atoms with Crippen molar-refractivity contribution in [3.63, 3.8) is 0 Å². The summed E-state index contributed by atoms with van der Waals surface area (Å²) in [6.45, 7) is 6.42. The van der Waals surface area contributed by atoms with Crippen LogP contribution in [0.3, 0.4) is 0 Å². The van der Waals surface area contributed by atoms with E-state index in [0.717, 1.165) is 6.42 Å². The number of guanidine groups is 1. The molecule has 0 heterocycles. The number of hydrogen-bond donors (Lipinski definition) is 2. The normalized spacial score (nSPS) is 20.4. The van der Waals surface area contributed by atoms with Crippen molar-refractivity contribution in [3.8, 4) is 0 Å². The zero-order chi connectivity index (χ0) is 13.7. The van der Waals surface area contributed by atoms with Crippen molar-refractivity contribution in [3.05, 3.63) is 23.8 Å². The van der Waals surface area contributed by atoms with Crippen molar-refractivity contribution in [2.45, 2.75) is 33.6 Å². The molecule has 4 N–H and O–H groups in total. The minimum absolute atomic E-state index is 0.159. The second-order valence-electron chi connectivity index (χ2n) is 5.23. The molecule has 0 bridgehead atoms. The van der Waals surface area contributed by atoms with E-state index in [2.05, 4.69) is 44.0 Å². The minimum Gasteiger partial charge on any atom is -0.370 e. The molecule has 0 aliphatic heterocycles. The van der Waals surface area contributed by atoms with Crippen LogP contribution in [0.4, 0.5) is 0 Å². The molecule has 4 heteroatoms. The summed E-state index contributed by atoms with van der Waals surface area (Å²) in [6, 6.07) is 0. The lowest BCUT2D eigenvalue weighted by Gasteiger charge is -2.23. The van der Waals surface area contributed by atoms with Gasteiger partial charge in [-0.1, -0.05) is 39.0 Å². The second kappa shape index (κ2) is 6.38. The number of carbonyl (C=O) groups is 1. The summed E-state index contributed by atoms with van der Waals surface area (Å²) < 4.78 is 0. The monoisotopic (exact) mass is 249 g/mol. The van der Waals surface area contributed by atoms with Crippen LogP contribution in [0, 0.1) is 17.8 Å². The molecule has 0 saturated carbocycles. The van der Waals surface area contributed by atoms with Crippen LogP contribution in [0.15, 0.2) is 28.8 Å². The van der Waals surface area contributed by atoms with Gasteiger partial charge in [0.25, 0.3) is 0 Å². The predicted molar refractivity (Wildman–Crippen MR) is 74.8 cm³/mol. The maximum Gasteiger partial charge on any atom is 0.249 e. The highest BCUT2D eigenvalue weighted by molar-refractivity contribution is 5.91. The van der Waals surface area contributed by atoms with E-state index in [1.165, 1.54) is 5.57 Å². The number of aliphatic imine (C=N–C) groups is 1. The lowest BCUT2D eigenvalue weighted by atomic mass is 9.83. The highest BCUT2D eigenvalue weighted by Gasteiger charge is 2.19. The van der Waals surface area contributed by atoms with E-state index in [0.29, 0.717) is 18.3 Å². The third kappa shape index (κ3) is 4.35. The Hall–Kier alpha value is -1.58. The van der Waals surface area contributed by atoms with E-state index in [9.17, 15) is 4.79 Å². The highest BCUT2D eigenvalue weighted by Crippen LogP contribution is 2.28. The fraction of sp³-hybridized carbons (Fsp3) is 0.571. The number of carbonyl (C=O) groups excluding carboxylic acids is 1. The third-order valence-electron chi connectivity index (χ3n) is 3.31. The van der Waals surface area contributed by atoms with Gasteiger partial charge < -0.3 is 11.5 Å². The molecular weight excluding hydrogens is 226 g/mol. The number of nitrogens with two attached hydrogens (primary N) is 2. The molecule has 1 aliphatic rings. The van der Waals surface area contributed by atoms with E-state index >= 15 is 0 Å². The lowest BCUT2D eigenvalue weighted by Crippen LogP contribution is -2.25. The Bertz CT molecular complexity index is 390.